The minimum Gasteiger partial charge on any atom is -0.497 e. The molecule has 0 heterocycles. The lowest BCUT2D eigenvalue weighted by Gasteiger charge is -2.14. The van der Waals surface area contributed by atoms with E-state index in [0.29, 0.717) is 0 Å². The molecule has 1 N–H and O–H groups in total. The second-order valence-corrected chi connectivity index (χ2v) is 4.30. The fourth-order valence-corrected chi connectivity index (χ4v) is 1.95. The molecule has 0 aromatic heterocycles. The Morgan fingerprint density at radius 3 is 2.53 bits per heavy atom. The Kier molecular flexibility index (Phi) is 6.22. The van der Waals surface area contributed by atoms with E-state index in [9.17, 15) is 0 Å². The number of benzene rings is 1. The molecule has 3 nitrogen and oxygen atoms in total. The van der Waals surface area contributed by atoms with E-state index in [1.165, 1.54) is 11.1 Å². The predicted octanol–water partition coefficient (Wildman–Crippen LogP) is 2.07. The van der Waals surface area contributed by atoms with Crippen LogP contribution >= 0.6 is 12.6 Å². The molecule has 0 aliphatic heterocycles. The SMILES string of the molecule is COc1cc(C)c(CCNCCS)c(OC)c1. The number of thiol groups is 1. The Morgan fingerprint density at radius 2 is 1.94 bits per heavy atom. The molecule has 0 radical (unpaired) electrons. The predicted molar refractivity (Wildman–Crippen MR) is 74.7 cm³/mol. The van der Waals surface area contributed by atoms with Crippen molar-refractivity contribution < 1.29 is 9.47 Å². The van der Waals surface area contributed by atoms with Gasteiger partial charge >= 0.3 is 0 Å². The Hall–Kier alpha value is -0.870. The summed E-state index contributed by atoms with van der Waals surface area (Å²) >= 11 is 4.16. The van der Waals surface area contributed by atoms with Crippen molar-refractivity contribution in [3.05, 3.63) is 23.3 Å². The van der Waals surface area contributed by atoms with Crippen LogP contribution in [0.4, 0.5) is 0 Å². The molecule has 1 rings (SSSR count). The smallest absolute Gasteiger partial charge is 0.126 e. The monoisotopic (exact) mass is 255 g/mol. The summed E-state index contributed by atoms with van der Waals surface area (Å²) in [6, 6.07) is 3.97. The van der Waals surface area contributed by atoms with Crippen LogP contribution in [0.15, 0.2) is 12.1 Å². The van der Waals surface area contributed by atoms with E-state index in [2.05, 4.69) is 24.9 Å². The third-order valence-electron chi connectivity index (χ3n) is 2.70. The Bertz CT molecular complexity index is 356. The van der Waals surface area contributed by atoms with Crippen molar-refractivity contribution in [3.63, 3.8) is 0 Å². The van der Waals surface area contributed by atoms with Crippen LogP contribution in [-0.4, -0.2) is 33.1 Å². The van der Waals surface area contributed by atoms with Crippen molar-refractivity contribution in [2.75, 3.05) is 33.1 Å². The molecule has 0 saturated carbocycles. The van der Waals surface area contributed by atoms with Crippen molar-refractivity contribution >= 4 is 12.6 Å². The van der Waals surface area contributed by atoms with Gasteiger partial charge in [0.05, 0.1) is 14.2 Å². The number of hydrogen-bond donors (Lipinski definition) is 2. The van der Waals surface area contributed by atoms with Gasteiger partial charge in [0.15, 0.2) is 0 Å². The topological polar surface area (TPSA) is 30.5 Å². The molecule has 0 bridgehead atoms. The molecule has 0 aliphatic rings. The average molecular weight is 255 g/mol. The van der Waals surface area contributed by atoms with E-state index in [4.69, 9.17) is 9.47 Å². The standard InChI is InChI=1S/C13H21NO2S/c1-10-8-11(15-2)9-13(16-3)12(10)4-5-14-6-7-17/h8-9,14,17H,4-7H2,1-3H3. The van der Waals surface area contributed by atoms with Gasteiger partial charge < -0.3 is 14.8 Å². The largest absolute Gasteiger partial charge is 0.497 e. The summed E-state index contributed by atoms with van der Waals surface area (Å²) < 4.78 is 10.6. The summed E-state index contributed by atoms with van der Waals surface area (Å²) in [4.78, 5) is 0. The molecule has 0 amide bonds. The Labute approximate surface area is 109 Å². The van der Waals surface area contributed by atoms with Crippen LogP contribution in [0.5, 0.6) is 11.5 Å². The van der Waals surface area contributed by atoms with E-state index >= 15 is 0 Å². The van der Waals surface area contributed by atoms with E-state index < -0.39 is 0 Å². The zero-order chi connectivity index (χ0) is 12.7. The molecule has 0 fully saturated rings. The highest BCUT2D eigenvalue weighted by Crippen LogP contribution is 2.28. The van der Waals surface area contributed by atoms with Gasteiger partial charge in [0, 0.05) is 18.4 Å². The molecule has 0 spiro atoms. The second-order valence-electron chi connectivity index (χ2n) is 3.85. The normalized spacial score (nSPS) is 10.4. The number of methoxy groups -OCH3 is 2. The van der Waals surface area contributed by atoms with Gasteiger partial charge in [0.2, 0.25) is 0 Å². The number of ether oxygens (including phenoxy) is 2. The fourth-order valence-electron chi connectivity index (χ4n) is 1.79. The van der Waals surface area contributed by atoms with Gasteiger partial charge in [-0.25, -0.2) is 0 Å². The second kappa shape index (κ2) is 7.45. The molecular formula is C13H21NO2S. The van der Waals surface area contributed by atoms with Crippen molar-refractivity contribution in [1.82, 2.24) is 5.32 Å². The van der Waals surface area contributed by atoms with E-state index in [1.54, 1.807) is 14.2 Å². The molecule has 1 aromatic rings. The quantitative estimate of drug-likeness (QED) is 0.577. The van der Waals surface area contributed by atoms with E-state index in [1.807, 2.05) is 12.1 Å². The van der Waals surface area contributed by atoms with Gasteiger partial charge in [0.25, 0.3) is 0 Å². The maximum Gasteiger partial charge on any atom is 0.126 e. The Balaban J connectivity index is 2.75. The molecule has 0 saturated heterocycles. The summed E-state index contributed by atoms with van der Waals surface area (Å²) in [5.74, 6) is 2.60. The summed E-state index contributed by atoms with van der Waals surface area (Å²) in [5.41, 5.74) is 2.44. The number of hydrogen-bond acceptors (Lipinski definition) is 4. The van der Waals surface area contributed by atoms with Crippen LogP contribution < -0.4 is 14.8 Å². The maximum atomic E-state index is 5.40. The van der Waals surface area contributed by atoms with Gasteiger partial charge in [-0.05, 0) is 37.1 Å². The average Bonchev–Trinajstić information content (AvgIpc) is 2.35. The lowest BCUT2D eigenvalue weighted by atomic mass is 10.0. The first kappa shape index (κ1) is 14.2. The number of rotatable bonds is 7. The van der Waals surface area contributed by atoms with Crippen molar-refractivity contribution in [2.45, 2.75) is 13.3 Å². The maximum absolute atomic E-state index is 5.40. The van der Waals surface area contributed by atoms with Gasteiger partial charge in [-0.1, -0.05) is 0 Å². The highest BCUT2D eigenvalue weighted by Gasteiger charge is 2.08. The van der Waals surface area contributed by atoms with E-state index in [0.717, 1.165) is 36.8 Å². The van der Waals surface area contributed by atoms with Gasteiger partial charge in [-0.15, -0.1) is 0 Å². The van der Waals surface area contributed by atoms with Crippen LogP contribution in [-0.2, 0) is 6.42 Å². The molecule has 0 unspecified atom stereocenters. The third kappa shape index (κ3) is 4.13. The van der Waals surface area contributed by atoms with Crippen LogP contribution in [0.25, 0.3) is 0 Å². The lowest BCUT2D eigenvalue weighted by molar-refractivity contribution is 0.390. The summed E-state index contributed by atoms with van der Waals surface area (Å²) in [7, 11) is 3.36. The molecule has 1 aromatic carbocycles. The Morgan fingerprint density at radius 1 is 1.18 bits per heavy atom. The van der Waals surface area contributed by atoms with Gasteiger partial charge in [-0.2, -0.15) is 12.6 Å². The number of aryl methyl sites for hydroxylation is 1. The molecule has 4 heteroatoms. The van der Waals surface area contributed by atoms with E-state index in [-0.39, 0.29) is 0 Å². The molecule has 96 valence electrons. The molecule has 0 aliphatic carbocycles. The minimum absolute atomic E-state index is 0.839. The van der Waals surface area contributed by atoms with Gasteiger partial charge in [0.1, 0.15) is 11.5 Å². The fraction of sp³-hybridized carbons (Fsp3) is 0.538. The highest BCUT2D eigenvalue weighted by molar-refractivity contribution is 7.80. The summed E-state index contributed by atoms with van der Waals surface area (Å²) in [5, 5.41) is 3.33. The van der Waals surface area contributed by atoms with Crippen LogP contribution in [0.2, 0.25) is 0 Å². The van der Waals surface area contributed by atoms with Crippen molar-refractivity contribution in [2.24, 2.45) is 0 Å². The first-order valence-corrected chi connectivity index (χ1v) is 6.39. The molecular weight excluding hydrogens is 234 g/mol. The first-order chi connectivity index (χ1) is 8.22. The molecule has 0 atom stereocenters. The zero-order valence-corrected chi connectivity index (χ0v) is 11.6. The van der Waals surface area contributed by atoms with Crippen molar-refractivity contribution in [3.8, 4) is 11.5 Å². The van der Waals surface area contributed by atoms with Crippen LogP contribution in [0.1, 0.15) is 11.1 Å². The number of nitrogens with one attached hydrogen (secondary N) is 1. The van der Waals surface area contributed by atoms with Gasteiger partial charge in [-0.3, -0.25) is 0 Å². The highest BCUT2D eigenvalue weighted by atomic mass is 32.1. The minimum atomic E-state index is 0.839. The molecule has 17 heavy (non-hydrogen) atoms. The van der Waals surface area contributed by atoms with Crippen molar-refractivity contribution in [1.29, 1.82) is 0 Å². The zero-order valence-electron chi connectivity index (χ0n) is 10.7. The van der Waals surface area contributed by atoms with Crippen LogP contribution in [0, 0.1) is 6.92 Å². The third-order valence-corrected chi connectivity index (χ3v) is 2.93. The van der Waals surface area contributed by atoms with Crippen LogP contribution in [0.3, 0.4) is 0 Å². The summed E-state index contributed by atoms with van der Waals surface area (Å²) in [6.45, 7) is 3.95. The summed E-state index contributed by atoms with van der Waals surface area (Å²) in [6.07, 6.45) is 0.951. The first-order valence-electron chi connectivity index (χ1n) is 5.76. The lowest BCUT2D eigenvalue weighted by Crippen LogP contribution is -2.20.